The highest BCUT2D eigenvalue weighted by atomic mass is 19.1. The SMILES string of the molecule is Cc1cc(C)cc(N2C(=O)/C(=C\NNC(N)=O)c3ccc(CF)cc32)c1. The third-order valence-corrected chi connectivity index (χ3v) is 4.06. The van der Waals surface area contributed by atoms with Gasteiger partial charge in [-0.2, -0.15) is 0 Å². The number of anilines is 2. The van der Waals surface area contributed by atoms with Crippen LogP contribution in [0.2, 0.25) is 0 Å². The molecule has 0 saturated heterocycles. The van der Waals surface area contributed by atoms with E-state index in [1.807, 2.05) is 32.0 Å². The molecule has 0 radical (unpaired) electrons. The molecule has 0 aromatic heterocycles. The number of urea groups is 1. The number of aryl methyl sites for hydroxylation is 2. The van der Waals surface area contributed by atoms with Gasteiger partial charge in [0.1, 0.15) is 6.67 Å². The zero-order valence-electron chi connectivity index (χ0n) is 14.5. The van der Waals surface area contributed by atoms with Crippen molar-refractivity contribution in [1.29, 1.82) is 0 Å². The molecule has 0 saturated carbocycles. The molecule has 0 fully saturated rings. The lowest BCUT2D eigenvalue weighted by molar-refractivity contribution is -0.112. The molecule has 1 heterocycles. The minimum atomic E-state index is -0.772. The summed E-state index contributed by atoms with van der Waals surface area (Å²) in [6.07, 6.45) is 1.38. The van der Waals surface area contributed by atoms with Crippen molar-refractivity contribution in [2.24, 2.45) is 5.73 Å². The highest BCUT2D eigenvalue weighted by molar-refractivity contribution is 6.35. The second kappa shape index (κ2) is 6.87. The number of hydrogen-bond acceptors (Lipinski definition) is 3. The summed E-state index contributed by atoms with van der Waals surface area (Å²) in [5, 5.41) is 0. The molecule has 1 aliphatic heterocycles. The van der Waals surface area contributed by atoms with E-state index in [-0.39, 0.29) is 5.91 Å². The summed E-state index contributed by atoms with van der Waals surface area (Å²) in [5.74, 6) is -0.278. The highest BCUT2D eigenvalue weighted by Crippen LogP contribution is 2.42. The molecule has 2 aromatic rings. The predicted octanol–water partition coefficient (Wildman–Crippen LogP) is 2.97. The molecule has 1 aliphatic rings. The molecule has 134 valence electrons. The summed E-state index contributed by atoms with van der Waals surface area (Å²) in [4.78, 5) is 25.4. The number of benzene rings is 2. The lowest BCUT2D eigenvalue weighted by Gasteiger charge is -2.19. The molecule has 0 spiro atoms. The Morgan fingerprint density at radius 3 is 2.50 bits per heavy atom. The van der Waals surface area contributed by atoms with E-state index in [0.29, 0.717) is 28.1 Å². The van der Waals surface area contributed by atoms with Crippen LogP contribution < -0.4 is 21.5 Å². The van der Waals surface area contributed by atoms with E-state index in [1.165, 1.54) is 6.20 Å². The van der Waals surface area contributed by atoms with Gasteiger partial charge in [0.2, 0.25) is 0 Å². The van der Waals surface area contributed by atoms with Gasteiger partial charge < -0.3 is 11.2 Å². The summed E-state index contributed by atoms with van der Waals surface area (Å²) in [7, 11) is 0. The fourth-order valence-corrected chi connectivity index (χ4v) is 3.07. The van der Waals surface area contributed by atoms with Gasteiger partial charge >= 0.3 is 6.03 Å². The summed E-state index contributed by atoms with van der Waals surface area (Å²) in [6.45, 7) is 3.28. The second-order valence-electron chi connectivity index (χ2n) is 6.16. The van der Waals surface area contributed by atoms with E-state index in [9.17, 15) is 14.0 Å². The Hall–Kier alpha value is -3.35. The van der Waals surface area contributed by atoms with Crippen LogP contribution in [0.25, 0.3) is 5.57 Å². The Balaban J connectivity index is 2.11. The molecule has 2 aromatic carbocycles. The lowest BCUT2D eigenvalue weighted by Crippen LogP contribution is -2.38. The maximum absolute atomic E-state index is 13.1. The quantitative estimate of drug-likeness (QED) is 0.583. The molecule has 26 heavy (non-hydrogen) atoms. The van der Waals surface area contributed by atoms with Crippen LogP contribution in [0.3, 0.4) is 0 Å². The van der Waals surface area contributed by atoms with Crippen LogP contribution in [0.4, 0.5) is 20.6 Å². The molecule has 0 aliphatic carbocycles. The van der Waals surface area contributed by atoms with Crippen molar-refractivity contribution in [1.82, 2.24) is 10.9 Å². The van der Waals surface area contributed by atoms with Gasteiger partial charge in [-0.1, -0.05) is 18.2 Å². The number of fused-ring (bicyclic) bond motifs is 1. The molecular weight excluding hydrogens is 335 g/mol. The number of nitrogens with zero attached hydrogens (tertiary/aromatic N) is 1. The number of alkyl halides is 1. The first-order valence-corrected chi connectivity index (χ1v) is 8.04. The number of amides is 3. The normalized spacial score (nSPS) is 14.5. The molecule has 0 unspecified atom stereocenters. The molecule has 7 heteroatoms. The smallest absolute Gasteiger partial charge is 0.330 e. The maximum atomic E-state index is 13.1. The van der Waals surface area contributed by atoms with Crippen molar-refractivity contribution in [2.45, 2.75) is 20.5 Å². The first kappa shape index (κ1) is 17.5. The number of carbonyl (C=O) groups excluding carboxylic acids is 2. The third-order valence-electron chi connectivity index (χ3n) is 4.06. The number of hydrazine groups is 1. The summed E-state index contributed by atoms with van der Waals surface area (Å²) < 4.78 is 13.1. The average molecular weight is 354 g/mol. The van der Waals surface area contributed by atoms with Gasteiger partial charge in [0.25, 0.3) is 5.91 Å². The highest BCUT2D eigenvalue weighted by Gasteiger charge is 2.34. The van der Waals surface area contributed by atoms with Gasteiger partial charge in [-0.3, -0.25) is 15.1 Å². The molecule has 4 N–H and O–H groups in total. The van der Waals surface area contributed by atoms with Gasteiger partial charge in [0, 0.05) is 17.5 Å². The zero-order chi connectivity index (χ0) is 18.8. The summed E-state index contributed by atoms with van der Waals surface area (Å²) >= 11 is 0. The molecule has 3 rings (SSSR count). The Labute approximate surface area is 150 Å². The number of nitrogens with two attached hydrogens (primary N) is 1. The van der Waals surface area contributed by atoms with E-state index >= 15 is 0 Å². The van der Waals surface area contributed by atoms with Gasteiger partial charge in [-0.05, 0) is 48.7 Å². The van der Waals surface area contributed by atoms with Gasteiger partial charge in [-0.15, -0.1) is 0 Å². The summed E-state index contributed by atoms with van der Waals surface area (Å²) in [6, 6.07) is 10.0. The number of carbonyl (C=O) groups is 2. The van der Waals surface area contributed by atoms with Crippen molar-refractivity contribution in [3.63, 3.8) is 0 Å². The number of hydrogen-bond donors (Lipinski definition) is 3. The standard InChI is InChI=1S/C19H19FN4O2/c1-11-5-12(2)7-14(6-11)24-17-8-13(9-20)3-4-15(17)16(18(24)25)10-22-23-19(21)26/h3-8,10,22H,9H2,1-2H3,(H3,21,23,26)/b16-10-. The molecule has 6 nitrogen and oxygen atoms in total. The topological polar surface area (TPSA) is 87.5 Å². The van der Waals surface area contributed by atoms with E-state index in [0.717, 1.165) is 11.1 Å². The van der Waals surface area contributed by atoms with E-state index in [4.69, 9.17) is 5.73 Å². The van der Waals surface area contributed by atoms with Gasteiger partial charge in [-0.25, -0.2) is 9.18 Å². The van der Waals surface area contributed by atoms with E-state index in [2.05, 4.69) is 10.9 Å². The van der Waals surface area contributed by atoms with Crippen LogP contribution in [0.1, 0.15) is 22.3 Å². The number of primary amides is 1. The van der Waals surface area contributed by atoms with Crippen LogP contribution in [-0.2, 0) is 11.5 Å². The number of halogens is 1. The molecule has 3 amide bonds. The monoisotopic (exact) mass is 354 g/mol. The maximum Gasteiger partial charge on any atom is 0.330 e. The van der Waals surface area contributed by atoms with Gasteiger partial charge in [0.05, 0.1) is 11.3 Å². The first-order valence-electron chi connectivity index (χ1n) is 8.04. The summed E-state index contributed by atoms with van der Waals surface area (Å²) in [5.41, 5.74) is 14.5. The predicted molar refractivity (Wildman–Crippen MR) is 98.1 cm³/mol. The second-order valence-corrected chi connectivity index (χ2v) is 6.16. The molecular formula is C19H19FN4O2. The largest absolute Gasteiger partial charge is 0.350 e. The molecule has 0 atom stereocenters. The van der Waals surface area contributed by atoms with Crippen LogP contribution in [0.5, 0.6) is 0 Å². The van der Waals surface area contributed by atoms with E-state index in [1.54, 1.807) is 23.1 Å². The zero-order valence-corrected chi connectivity index (χ0v) is 14.5. The van der Waals surface area contributed by atoms with Gasteiger partial charge in [0.15, 0.2) is 0 Å². The fraction of sp³-hybridized carbons (Fsp3) is 0.158. The Kier molecular flexibility index (Phi) is 4.62. The van der Waals surface area contributed by atoms with Crippen LogP contribution in [0.15, 0.2) is 42.6 Å². The Bertz CT molecular complexity index is 904. The van der Waals surface area contributed by atoms with Crippen molar-refractivity contribution >= 4 is 28.9 Å². The van der Waals surface area contributed by atoms with Crippen molar-refractivity contribution in [2.75, 3.05) is 4.90 Å². The van der Waals surface area contributed by atoms with Crippen molar-refractivity contribution < 1.29 is 14.0 Å². The van der Waals surface area contributed by atoms with Crippen LogP contribution in [-0.4, -0.2) is 11.9 Å². The Morgan fingerprint density at radius 1 is 1.19 bits per heavy atom. The fourth-order valence-electron chi connectivity index (χ4n) is 3.07. The molecule has 0 bridgehead atoms. The first-order chi connectivity index (χ1) is 12.4. The minimum Gasteiger partial charge on any atom is -0.350 e. The number of nitrogens with one attached hydrogen (secondary N) is 2. The van der Waals surface area contributed by atoms with E-state index < -0.39 is 12.7 Å². The van der Waals surface area contributed by atoms with Crippen LogP contribution in [0, 0.1) is 13.8 Å². The number of rotatable bonds is 4. The third kappa shape index (κ3) is 3.23. The van der Waals surface area contributed by atoms with Crippen LogP contribution >= 0.6 is 0 Å². The average Bonchev–Trinajstić information content (AvgIpc) is 2.85. The van der Waals surface area contributed by atoms with Crippen molar-refractivity contribution in [3.05, 3.63) is 64.9 Å². The lowest BCUT2D eigenvalue weighted by atomic mass is 10.1. The van der Waals surface area contributed by atoms with Crippen molar-refractivity contribution in [3.8, 4) is 0 Å². The minimum absolute atomic E-state index is 0.278. The Morgan fingerprint density at radius 2 is 1.88 bits per heavy atom.